The second kappa shape index (κ2) is 8.86. The molecule has 1 fully saturated rings. The highest BCUT2D eigenvalue weighted by Crippen LogP contribution is 2.14. The van der Waals surface area contributed by atoms with E-state index in [1.807, 2.05) is 0 Å². The smallest absolute Gasteiger partial charge is 0.0791 e. The average molecular weight is 244 g/mol. The molecule has 0 aromatic heterocycles. The molecule has 1 aliphatic heterocycles. The third-order valence-corrected chi connectivity index (χ3v) is 3.15. The second-order valence-corrected chi connectivity index (χ2v) is 5.16. The molecule has 0 bridgehead atoms. The van der Waals surface area contributed by atoms with Crippen LogP contribution < -0.4 is 5.32 Å². The number of hydrogen-bond donors (Lipinski definition) is 2. The molecule has 1 aliphatic rings. The summed E-state index contributed by atoms with van der Waals surface area (Å²) in [5.74, 6) is 0.643. The van der Waals surface area contributed by atoms with Crippen LogP contribution in [0.1, 0.15) is 26.2 Å². The minimum atomic E-state index is -0.268. The Kier molecular flexibility index (Phi) is 7.77. The van der Waals surface area contributed by atoms with Gasteiger partial charge < -0.3 is 20.1 Å². The maximum atomic E-state index is 9.84. The van der Waals surface area contributed by atoms with Crippen molar-refractivity contribution in [1.82, 2.24) is 10.2 Å². The van der Waals surface area contributed by atoms with Gasteiger partial charge in [-0.15, -0.1) is 0 Å². The highest BCUT2D eigenvalue weighted by Gasteiger charge is 2.17. The monoisotopic (exact) mass is 244 g/mol. The maximum absolute atomic E-state index is 9.84. The molecular formula is C13H28N2O2. The molecule has 2 unspecified atom stereocenters. The number of rotatable bonds is 8. The Hall–Kier alpha value is -0.160. The maximum Gasteiger partial charge on any atom is 0.0791 e. The van der Waals surface area contributed by atoms with Gasteiger partial charge in [0, 0.05) is 26.2 Å². The van der Waals surface area contributed by atoms with Crippen LogP contribution in [0.2, 0.25) is 0 Å². The first kappa shape index (κ1) is 14.9. The third kappa shape index (κ3) is 6.99. The van der Waals surface area contributed by atoms with E-state index in [-0.39, 0.29) is 6.10 Å². The fraction of sp³-hybridized carbons (Fsp3) is 1.00. The van der Waals surface area contributed by atoms with Gasteiger partial charge in [0.2, 0.25) is 0 Å². The summed E-state index contributed by atoms with van der Waals surface area (Å²) in [6, 6.07) is 0. The summed E-state index contributed by atoms with van der Waals surface area (Å²) < 4.78 is 5.47. The predicted molar refractivity (Wildman–Crippen MR) is 70.2 cm³/mol. The number of ether oxygens (including phenoxy) is 1. The fourth-order valence-electron chi connectivity index (χ4n) is 2.34. The van der Waals surface area contributed by atoms with E-state index in [9.17, 15) is 5.11 Å². The van der Waals surface area contributed by atoms with Gasteiger partial charge in [-0.25, -0.2) is 0 Å². The highest BCUT2D eigenvalue weighted by molar-refractivity contribution is 4.70. The van der Waals surface area contributed by atoms with Crippen LogP contribution in [-0.2, 0) is 4.74 Å². The molecule has 4 nitrogen and oxygen atoms in total. The Balaban J connectivity index is 2.07. The van der Waals surface area contributed by atoms with Crippen LogP contribution in [0.4, 0.5) is 0 Å². The third-order valence-electron chi connectivity index (χ3n) is 3.15. The molecule has 0 saturated carbocycles. The van der Waals surface area contributed by atoms with Gasteiger partial charge in [-0.05, 0) is 38.8 Å². The summed E-state index contributed by atoms with van der Waals surface area (Å²) >= 11 is 0. The lowest BCUT2D eigenvalue weighted by Gasteiger charge is -2.28. The summed E-state index contributed by atoms with van der Waals surface area (Å²) in [4.78, 5) is 2.22. The molecule has 0 aliphatic carbocycles. The van der Waals surface area contributed by atoms with E-state index in [1.165, 1.54) is 12.8 Å². The molecule has 2 atom stereocenters. The van der Waals surface area contributed by atoms with Crippen LogP contribution in [0.3, 0.4) is 0 Å². The van der Waals surface area contributed by atoms with Crippen molar-refractivity contribution in [2.75, 3.05) is 46.4 Å². The first-order valence-corrected chi connectivity index (χ1v) is 6.87. The van der Waals surface area contributed by atoms with Crippen molar-refractivity contribution < 1.29 is 9.84 Å². The highest BCUT2D eigenvalue weighted by atomic mass is 16.5. The molecule has 17 heavy (non-hydrogen) atoms. The van der Waals surface area contributed by atoms with Gasteiger partial charge >= 0.3 is 0 Å². The van der Waals surface area contributed by atoms with Crippen molar-refractivity contribution in [2.45, 2.75) is 32.3 Å². The van der Waals surface area contributed by atoms with Crippen molar-refractivity contribution in [1.29, 1.82) is 0 Å². The van der Waals surface area contributed by atoms with E-state index in [0.29, 0.717) is 12.5 Å². The van der Waals surface area contributed by atoms with Crippen molar-refractivity contribution in [3.05, 3.63) is 0 Å². The normalized spacial score (nSPS) is 22.9. The minimum Gasteiger partial charge on any atom is -0.390 e. The van der Waals surface area contributed by atoms with Gasteiger partial charge in [0.1, 0.15) is 0 Å². The molecule has 102 valence electrons. The quantitative estimate of drug-likeness (QED) is 0.617. The summed E-state index contributed by atoms with van der Waals surface area (Å²) in [6.07, 6.45) is 3.28. The predicted octanol–water partition coefficient (Wildman–Crippen LogP) is 0.705. The first-order chi connectivity index (χ1) is 8.22. The van der Waals surface area contributed by atoms with Crippen LogP contribution in [0.5, 0.6) is 0 Å². The Morgan fingerprint density at radius 1 is 1.53 bits per heavy atom. The number of likely N-dealkylation sites (N-methyl/N-ethyl adjacent to an activating group) is 1. The van der Waals surface area contributed by atoms with Gasteiger partial charge in [-0.2, -0.15) is 0 Å². The topological polar surface area (TPSA) is 44.7 Å². The van der Waals surface area contributed by atoms with Crippen molar-refractivity contribution in [2.24, 2.45) is 5.92 Å². The number of nitrogens with zero attached hydrogens (tertiary/aromatic N) is 1. The molecule has 1 saturated heterocycles. The second-order valence-electron chi connectivity index (χ2n) is 5.16. The SMILES string of the molecule is CCCNCC(O)CN(C)CC1CCCOC1. The van der Waals surface area contributed by atoms with Crippen LogP contribution in [0, 0.1) is 5.92 Å². The van der Waals surface area contributed by atoms with E-state index < -0.39 is 0 Å². The van der Waals surface area contributed by atoms with Crippen LogP contribution in [0.15, 0.2) is 0 Å². The summed E-state index contributed by atoms with van der Waals surface area (Å²) in [5.41, 5.74) is 0. The van der Waals surface area contributed by atoms with E-state index in [0.717, 1.165) is 39.3 Å². The molecule has 2 N–H and O–H groups in total. The molecule has 0 aromatic carbocycles. The van der Waals surface area contributed by atoms with Crippen molar-refractivity contribution in [3.8, 4) is 0 Å². The zero-order valence-electron chi connectivity index (χ0n) is 11.3. The van der Waals surface area contributed by atoms with Gasteiger partial charge in [0.15, 0.2) is 0 Å². The summed E-state index contributed by atoms with van der Waals surface area (Å²) in [7, 11) is 2.08. The Morgan fingerprint density at radius 3 is 3.00 bits per heavy atom. The van der Waals surface area contributed by atoms with Gasteiger partial charge in [-0.1, -0.05) is 6.92 Å². The molecule has 0 spiro atoms. The number of nitrogens with one attached hydrogen (secondary N) is 1. The Labute approximate surface area is 105 Å². The lowest BCUT2D eigenvalue weighted by atomic mass is 10.0. The van der Waals surface area contributed by atoms with Gasteiger partial charge in [0.05, 0.1) is 12.7 Å². The van der Waals surface area contributed by atoms with Crippen molar-refractivity contribution >= 4 is 0 Å². The molecule has 0 aromatic rings. The molecule has 4 heteroatoms. The summed E-state index contributed by atoms with van der Waals surface area (Å²) in [5, 5.41) is 13.1. The molecule has 1 rings (SSSR count). The molecule has 1 heterocycles. The molecule has 0 amide bonds. The van der Waals surface area contributed by atoms with Crippen molar-refractivity contribution in [3.63, 3.8) is 0 Å². The lowest BCUT2D eigenvalue weighted by molar-refractivity contribution is 0.0344. The van der Waals surface area contributed by atoms with E-state index in [2.05, 4.69) is 24.2 Å². The zero-order chi connectivity index (χ0) is 12.5. The number of aliphatic hydroxyl groups is 1. The zero-order valence-corrected chi connectivity index (χ0v) is 11.3. The average Bonchev–Trinajstić information content (AvgIpc) is 2.30. The van der Waals surface area contributed by atoms with Gasteiger partial charge in [-0.3, -0.25) is 0 Å². The number of aliphatic hydroxyl groups excluding tert-OH is 1. The Morgan fingerprint density at radius 2 is 2.35 bits per heavy atom. The number of hydrogen-bond acceptors (Lipinski definition) is 4. The Bertz CT molecular complexity index is 184. The minimum absolute atomic E-state index is 0.268. The van der Waals surface area contributed by atoms with Crippen LogP contribution in [0.25, 0.3) is 0 Å². The standard InChI is InChI=1S/C13H28N2O2/c1-3-6-14-8-13(16)10-15(2)9-12-5-4-7-17-11-12/h12-14,16H,3-11H2,1-2H3. The molecule has 0 radical (unpaired) electrons. The fourth-order valence-corrected chi connectivity index (χ4v) is 2.34. The van der Waals surface area contributed by atoms with E-state index in [4.69, 9.17) is 4.74 Å². The lowest BCUT2D eigenvalue weighted by Crippen LogP contribution is -2.39. The first-order valence-electron chi connectivity index (χ1n) is 6.87. The van der Waals surface area contributed by atoms with Crippen LogP contribution in [-0.4, -0.2) is 62.6 Å². The van der Waals surface area contributed by atoms with Gasteiger partial charge in [0.25, 0.3) is 0 Å². The summed E-state index contributed by atoms with van der Waals surface area (Å²) in [6.45, 7) is 7.39. The van der Waals surface area contributed by atoms with E-state index in [1.54, 1.807) is 0 Å². The van der Waals surface area contributed by atoms with E-state index >= 15 is 0 Å². The largest absolute Gasteiger partial charge is 0.390 e. The van der Waals surface area contributed by atoms with Crippen LogP contribution >= 0.6 is 0 Å². The molecular weight excluding hydrogens is 216 g/mol.